The second kappa shape index (κ2) is 5.09. The number of H-pyrrole nitrogens is 1. The fourth-order valence-corrected chi connectivity index (χ4v) is 1.39. The summed E-state index contributed by atoms with van der Waals surface area (Å²) >= 11 is 0. The van der Waals surface area contributed by atoms with Crippen molar-refractivity contribution in [1.29, 1.82) is 0 Å². The van der Waals surface area contributed by atoms with E-state index in [2.05, 4.69) is 26.0 Å². The number of nitrogens with zero attached hydrogens (tertiary/aromatic N) is 2. The van der Waals surface area contributed by atoms with Gasteiger partial charge in [-0.25, -0.2) is 0 Å². The molecule has 0 saturated carbocycles. The molecule has 0 fully saturated rings. The van der Waals surface area contributed by atoms with Crippen LogP contribution in [0.2, 0.25) is 0 Å². The van der Waals surface area contributed by atoms with Crippen molar-refractivity contribution >= 4 is 23.3 Å². The Morgan fingerprint density at radius 2 is 2.11 bits per heavy atom. The number of aromatic nitrogens is 3. The molecule has 1 heterocycles. The number of carbonyl (C=O) groups excluding carboxylic acids is 2. The summed E-state index contributed by atoms with van der Waals surface area (Å²) in [6, 6.07) is 6.61. The Morgan fingerprint density at radius 3 is 2.78 bits per heavy atom. The minimum absolute atomic E-state index is 0.191. The topological polar surface area (TPSA) is 99.8 Å². The summed E-state index contributed by atoms with van der Waals surface area (Å²) in [5.41, 5.74) is 0.986. The highest BCUT2D eigenvalue weighted by Gasteiger charge is 2.08. The van der Waals surface area contributed by atoms with E-state index >= 15 is 0 Å². The van der Waals surface area contributed by atoms with Crippen molar-refractivity contribution in [2.24, 2.45) is 0 Å². The monoisotopic (exact) mass is 245 g/mol. The van der Waals surface area contributed by atoms with E-state index in [1.165, 1.54) is 13.1 Å². The van der Waals surface area contributed by atoms with Crippen LogP contribution in [0.4, 0.5) is 11.5 Å². The molecule has 7 heteroatoms. The summed E-state index contributed by atoms with van der Waals surface area (Å²) in [7, 11) is 0. The van der Waals surface area contributed by atoms with Gasteiger partial charge in [-0.3, -0.25) is 9.59 Å². The molecule has 2 amide bonds. The Kier molecular flexibility index (Phi) is 3.33. The molecule has 92 valence electrons. The van der Waals surface area contributed by atoms with Crippen LogP contribution in [0.1, 0.15) is 17.3 Å². The zero-order valence-corrected chi connectivity index (χ0v) is 9.60. The SMILES string of the molecule is CC(=O)Nc1cccc(C(=O)Nc2cn[nH]n2)c1. The van der Waals surface area contributed by atoms with E-state index < -0.39 is 0 Å². The molecule has 3 N–H and O–H groups in total. The summed E-state index contributed by atoms with van der Waals surface area (Å²) in [5.74, 6) is -0.176. The highest BCUT2D eigenvalue weighted by molar-refractivity contribution is 6.04. The Morgan fingerprint density at radius 1 is 1.28 bits per heavy atom. The maximum Gasteiger partial charge on any atom is 0.256 e. The van der Waals surface area contributed by atoms with Crippen LogP contribution < -0.4 is 10.6 Å². The minimum Gasteiger partial charge on any atom is -0.326 e. The molecule has 0 unspecified atom stereocenters. The molecular formula is C11H11N5O2. The maximum atomic E-state index is 11.8. The summed E-state index contributed by atoms with van der Waals surface area (Å²) in [6.07, 6.45) is 1.40. The van der Waals surface area contributed by atoms with Gasteiger partial charge in [0.1, 0.15) is 0 Å². The van der Waals surface area contributed by atoms with Crippen molar-refractivity contribution in [3.05, 3.63) is 36.0 Å². The quantitative estimate of drug-likeness (QED) is 0.751. The molecule has 2 aromatic rings. The third-order valence-electron chi connectivity index (χ3n) is 2.10. The number of rotatable bonds is 3. The molecule has 0 bridgehead atoms. The van der Waals surface area contributed by atoms with Crippen LogP contribution in [0, 0.1) is 0 Å². The summed E-state index contributed by atoms with van der Waals surface area (Å²) in [6.45, 7) is 1.40. The molecule has 7 nitrogen and oxygen atoms in total. The molecule has 0 aliphatic heterocycles. The Labute approximate surface area is 103 Å². The van der Waals surface area contributed by atoms with E-state index in [9.17, 15) is 9.59 Å². The fraction of sp³-hybridized carbons (Fsp3) is 0.0909. The average molecular weight is 245 g/mol. The Hall–Kier alpha value is -2.70. The van der Waals surface area contributed by atoms with Gasteiger partial charge >= 0.3 is 0 Å². The van der Waals surface area contributed by atoms with Crippen molar-refractivity contribution < 1.29 is 9.59 Å². The second-order valence-electron chi connectivity index (χ2n) is 3.57. The number of benzene rings is 1. The van der Waals surface area contributed by atoms with E-state index in [4.69, 9.17) is 0 Å². The predicted molar refractivity (Wildman–Crippen MR) is 65.1 cm³/mol. The van der Waals surface area contributed by atoms with Crippen molar-refractivity contribution in [1.82, 2.24) is 15.4 Å². The Balaban J connectivity index is 2.12. The second-order valence-corrected chi connectivity index (χ2v) is 3.57. The average Bonchev–Trinajstić information content (AvgIpc) is 2.81. The van der Waals surface area contributed by atoms with Gasteiger partial charge in [-0.2, -0.15) is 10.3 Å². The van der Waals surface area contributed by atoms with Gasteiger partial charge in [0.05, 0.1) is 6.20 Å². The normalized spacial score (nSPS) is 9.83. The smallest absolute Gasteiger partial charge is 0.256 e. The first-order valence-corrected chi connectivity index (χ1v) is 5.20. The van der Waals surface area contributed by atoms with Crippen LogP contribution in [0.3, 0.4) is 0 Å². The highest BCUT2D eigenvalue weighted by Crippen LogP contribution is 2.12. The minimum atomic E-state index is -0.323. The molecule has 0 atom stereocenters. The summed E-state index contributed by atoms with van der Waals surface area (Å²) < 4.78 is 0. The van der Waals surface area contributed by atoms with E-state index in [-0.39, 0.29) is 11.8 Å². The molecule has 0 aliphatic carbocycles. The van der Waals surface area contributed by atoms with Crippen LogP contribution in [-0.4, -0.2) is 27.2 Å². The standard InChI is InChI=1S/C11H11N5O2/c1-7(17)13-9-4-2-3-8(5-9)11(18)14-10-6-12-16-15-10/h2-6H,1H3,(H,13,17)(H2,12,14,15,16,18). The van der Waals surface area contributed by atoms with Gasteiger partial charge in [0.2, 0.25) is 5.91 Å². The molecule has 2 rings (SSSR count). The fourth-order valence-electron chi connectivity index (χ4n) is 1.39. The van der Waals surface area contributed by atoms with Crippen molar-refractivity contribution in [2.75, 3.05) is 10.6 Å². The first-order chi connectivity index (χ1) is 8.65. The van der Waals surface area contributed by atoms with Crippen LogP contribution in [0.25, 0.3) is 0 Å². The number of nitrogens with one attached hydrogen (secondary N) is 3. The van der Waals surface area contributed by atoms with Crippen LogP contribution in [-0.2, 0) is 4.79 Å². The zero-order chi connectivity index (χ0) is 13.0. The first-order valence-electron chi connectivity index (χ1n) is 5.20. The maximum absolute atomic E-state index is 11.8. The van der Waals surface area contributed by atoms with Gasteiger partial charge in [0.15, 0.2) is 5.82 Å². The molecular weight excluding hydrogens is 234 g/mol. The van der Waals surface area contributed by atoms with Crippen LogP contribution in [0.15, 0.2) is 30.5 Å². The van der Waals surface area contributed by atoms with E-state index in [1.807, 2.05) is 0 Å². The van der Waals surface area contributed by atoms with Gasteiger partial charge in [0.25, 0.3) is 5.91 Å². The molecule has 0 spiro atoms. The van der Waals surface area contributed by atoms with Gasteiger partial charge < -0.3 is 10.6 Å². The molecule has 0 saturated heterocycles. The van der Waals surface area contributed by atoms with Gasteiger partial charge in [-0.15, -0.1) is 5.10 Å². The van der Waals surface area contributed by atoms with E-state index in [0.717, 1.165) is 0 Å². The van der Waals surface area contributed by atoms with Crippen molar-refractivity contribution in [2.45, 2.75) is 6.92 Å². The predicted octanol–water partition coefficient (Wildman–Crippen LogP) is 1.02. The van der Waals surface area contributed by atoms with Gasteiger partial charge in [0, 0.05) is 18.2 Å². The number of hydrogen-bond acceptors (Lipinski definition) is 4. The summed E-state index contributed by atoms with van der Waals surface area (Å²) in [4.78, 5) is 22.8. The lowest BCUT2D eigenvalue weighted by molar-refractivity contribution is -0.114. The number of anilines is 2. The molecule has 0 radical (unpaired) electrons. The lowest BCUT2D eigenvalue weighted by Gasteiger charge is -2.05. The number of carbonyl (C=O) groups is 2. The zero-order valence-electron chi connectivity index (χ0n) is 9.60. The van der Waals surface area contributed by atoms with E-state index in [1.54, 1.807) is 24.3 Å². The van der Waals surface area contributed by atoms with Crippen LogP contribution >= 0.6 is 0 Å². The third kappa shape index (κ3) is 2.91. The molecule has 1 aromatic heterocycles. The Bertz CT molecular complexity index is 565. The van der Waals surface area contributed by atoms with Crippen LogP contribution in [0.5, 0.6) is 0 Å². The van der Waals surface area contributed by atoms with Gasteiger partial charge in [-0.1, -0.05) is 6.07 Å². The molecule has 18 heavy (non-hydrogen) atoms. The number of amides is 2. The van der Waals surface area contributed by atoms with Crippen molar-refractivity contribution in [3.8, 4) is 0 Å². The lowest BCUT2D eigenvalue weighted by atomic mass is 10.2. The lowest BCUT2D eigenvalue weighted by Crippen LogP contribution is -2.13. The number of hydrogen-bond donors (Lipinski definition) is 3. The molecule has 1 aromatic carbocycles. The summed E-state index contributed by atoms with van der Waals surface area (Å²) in [5, 5.41) is 14.9. The molecule has 0 aliphatic rings. The first kappa shape index (κ1) is 11.8. The third-order valence-corrected chi connectivity index (χ3v) is 2.10. The van der Waals surface area contributed by atoms with Gasteiger partial charge in [-0.05, 0) is 18.2 Å². The highest BCUT2D eigenvalue weighted by atomic mass is 16.2. The largest absolute Gasteiger partial charge is 0.326 e. The van der Waals surface area contributed by atoms with Crippen molar-refractivity contribution in [3.63, 3.8) is 0 Å². The van der Waals surface area contributed by atoms with E-state index in [0.29, 0.717) is 17.1 Å². The number of aromatic amines is 1.